The number of hydrogen-bond acceptors (Lipinski definition) is 5. The van der Waals surface area contributed by atoms with Crippen LogP contribution in [0.5, 0.6) is 0 Å². The molecule has 8 heteroatoms. The monoisotopic (exact) mass is 474 g/mol. The molecule has 0 spiro atoms. The Balaban J connectivity index is 1.25. The van der Waals surface area contributed by atoms with E-state index in [1.807, 2.05) is 4.90 Å². The van der Waals surface area contributed by atoms with E-state index in [2.05, 4.69) is 22.9 Å². The molecule has 0 radical (unpaired) electrons. The Kier molecular flexibility index (Phi) is 7.82. The topological polar surface area (TPSA) is 104 Å². The molecule has 4 rings (SSSR count). The third-order valence-corrected chi connectivity index (χ3v) is 6.07. The van der Waals surface area contributed by atoms with E-state index in [9.17, 15) is 14.4 Å². The summed E-state index contributed by atoms with van der Waals surface area (Å²) in [4.78, 5) is 39.3. The predicted molar refractivity (Wildman–Crippen MR) is 134 cm³/mol. The molecule has 0 unspecified atom stereocenters. The molecule has 1 fully saturated rings. The van der Waals surface area contributed by atoms with Crippen molar-refractivity contribution in [2.24, 2.45) is 5.92 Å². The molecule has 0 saturated carbocycles. The largest absolute Gasteiger partial charge is 0.467 e. The number of piperidine rings is 1. The number of hydrogen-bond donors (Lipinski definition) is 3. The molecule has 0 bridgehead atoms. The zero-order valence-corrected chi connectivity index (χ0v) is 19.8. The van der Waals surface area contributed by atoms with Gasteiger partial charge in [0.2, 0.25) is 5.91 Å². The SMILES string of the molecule is CC1CCN(C(=O)c2ccc(NC(=O)CNc3cccc(C(=O)NCc4ccco4)c3)cc2)CC1. The van der Waals surface area contributed by atoms with Crippen molar-refractivity contribution in [1.29, 1.82) is 0 Å². The van der Waals surface area contributed by atoms with E-state index in [1.54, 1.807) is 66.9 Å². The maximum absolute atomic E-state index is 12.7. The summed E-state index contributed by atoms with van der Waals surface area (Å²) in [5.74, 6) is 0.898. The summed E-state index contributed by atoms with van der Waals surface area (Å²) in [6.07, 6.45) is 3.62. The number of carbonyl (C=O) groups is 3. The molecule has 1 saturated heterocycles. The van der Waals surface area contributed by atoms with Crippen molar-refractivity contribution in [1.82, 2.24) is 10.2 Å². The van der Waals surface area contributed by atoms with Crippen molar-refractivity contribution in [3.05, 3.63) is 83.8 Å². The highest BCUT2D eigenvalue weighted by molar-refractivity contribution is 5.97. The van der Waals surface area contributed by atoms with Crippen LogP contribution < -0.4 is 16.0 Å². The second-order valence-electron chi connectivity index (χ2n) is 8.80. The Labute approximate surface area is 204 Å². The van der Waals surface area contributed by atoms with Crippen molar-refractivity contribution in [2.45, 2.75) is 26.3 Å². The molecule has 2 aromatic carbocycles. The van der Waals surface area contributed by atoms with E-state index in [4.69, 9.17) is 4.42 Å². The third-order valence-electron chi connectivity index (χ3n) is 6.07. The molecule has 8 nitrogen and oxygen atoms in total. The first-order valence-corrected chi connectivity index (χ1v) is 11.8. The van der Waals surface area contributed by atoms with Crippen molar-refractivity contribution >= 4 is 29.1 Å². The molecule has 2 heterocycles. The lowest BCUT2D eigenvalue weighted by Crippen LogP contribution is -2.37. The fourth-order valence-corrected chi connectivity index (χ4v) is 3.93. The summed E-state index contributed by atoms with van der Waals surface area (Å²) in [5, 5.41) is 8.65. The highest BCUT2D eigenvalue weighted by Gasteiger charge is 2.21. The van der Waals surface area contributed by atoms with Crippen LogP contribution in [0, 0.1) is 5.92 Å². The van der Waals surface area contributed by atoms with Gasteiger partial charge >= 0.3 is 0 Å². The Morgan fingerprint density at radius 1 is 0.943 bits per heavy atom. The lowest BCUT2D eigenvalue weighted by molar-refractivity contribution is -0.114. The van der Waals surface area contributed by atoms with Crippen molar-refractivity contribution < 1.29 is 18.8 Å². The summed E-state index contributed by atoms with van der Waals surface area (Å²) in [7, 11) is 0. The number of nitrogens with one attached hydrogen (secondary N) is 3. The van der Waals surface area contributed by atoms with Gasteiger partial charge in [-0.1, -0.05) is 13.0 Å². The zero-order valence-electron chi connectivity index (χ0n) is 19.8. The van der Waals surface area contributed by atoms with E-state index in [1.165, 1.54) is 0 Å². The molecule has 1 aliphatic heterocycles. The van der Waals surface area contributed by atoms with Crippen LogP contribution in [0.4, 0.5) is 11.4 Å². The van der Waals surface area contributed by atoms with Crippen molar-refractivity contribution in [3.63, 3.8) is 0 Å². The molecule has 1 aromatic heterocycles. The maximum Gasteiger partial charge on any atom is 0.253 e. The van der Waals surface area contributed by atoms with Gasteiger partial charge in [-0.3, -0.25) is 14.4 Å². The lowest BCUT2D eigenvalue weighted by Gasteiger charge is -2.30. The van der Waals surface area contributed by atoms with E-state index in [0.717, 1.165) is 25.9 Å². The first kappa shape index (κ1) is 24.1. The second kappa shape index (κ2) is 11.4. The van der Waals surface area contributed by atoms with Gasteiger partial charge in [-0.2, -0.15) is 0 Å². The number of furan rings is 1. The van der Waals surface area contributed by atoms with Gasteiger partial charge in [-0.15, -0.1) is 0 Å². The van der Waals surface area contributed by atoms with E-state index >= 15 is 0 Å². The highest BCUT2D eigenvalue weighted by Crippen LogP contribution is 2.19. The van der Waals surface area contributed by atoms with Crippen molar-refractivity contribution in [3.8, 4) is 0 Å². The molecular formula is C27H30N4O4. The van der Waals surface area contributed by atoms with E-state index < -0.39 is 0 Å². The standard InChI is InChI=1S/C27H30N4O4/c1-19-11-13-31(14-12-19)27(34)20-7-9-22(10-8-20)30-25(32)18-28-23-5-2-4-21(16-23)26(33)29-17-24-6-3-15-35-24/h2-10,15-16,19,28H,11-14,17-18H2,1H3,(H,29,33)(H,30,32). The second-order valence-corrected chi connectivity index (χ2v) is 8.80. The zero-order chi connectivity index (χ0) is 24.6. The van der Waals surface area contributed by atoms with Gasteiger partial charge in [-0.25, -0.2) is 0 Å². The quantitative estimate of drug-likeness (QED) is 0.455. The van der Waals surface area contributed by atoms with Crippen LogP contribution in [0.15, 0.2) is 71.3 Å². The smallest absolute Gasteiger partial charge is 0.253 e. The molecule has 0 aliphatic carbocycles. The van der Waals surface area contributed by atoms with Gasteiger partial charge in [0.1, 0.15) is 5.76 Å². The first-order chi connectivity index (χ1) is 17.0. The minimum Gasteiger partial charge on any atom is -0.467 e. The molecule has 182 valence electrons. The minimum absolute atomic E-state index is 0.0319. The number of rotatable bonds is 8. The van der Waals surface area contributed by atoms with Gasteiger partial charge in [0.05, 0.1) is 19.4 Å². The Hall–Kier alpha value is -4.07. The van der Waals surface area contributed by atoms with Crippen LogP contribution in [0.3, 0.4) is 0 Å². The number of carbonyl (C=O) groups excluding carboxylic acids is 3. The number of anilines is 2. The van der Waals surface area contributed by atoms with Gasteiger partial charge in [0.25, 0.3) is 11.8 Å². The summed E-state index contributed by atoms with van der Waals surface area (Å²) >= 11 is 0. The molecular weight excluding hydrogens is 444 g/mol. The fraction of sp³-hybridized carbons (Fsp3) is 0.296. The van der Waals surface area contributed by atoms with Gasteiger partial charge in [-0.05, 0) is 73.4 Å². The maximum atomic E-state index is 12.7. The van der Waals surface area contributed by atoms with E-state index in [0.29, 0.717) is 40.7 Å². The minimum atomic E-state index is -0.234. The summed E-state index contributed by atoms with van der Waals surface area (Å²) in [5.41, 5.74) is 2.37. The first-order valence-electron chi connectivity index (χ1n) is 11.8. The Bertz CT molecular complexity index is 1150. The number of nitrogens with zero attached hydrogens (tertiary/aromatic N) is 1. The molecule has 3 amide bonds. The Morgan fingerprint density at radius 2 is 1.71 bits per heavy atom. The number of benzene rings is 2. The van der Waals surface area contributed by atoms with Gasteiger partial charge < -0.3 is 25.3 Å². The fourth-order valence-electron chi connectivity index (χ4n) is 3.93. The van der Waals surface area contributed by atoms with E-state index in [-0.39, 0.29) is 24.3 Å². The van der Waals surface area contributed by atoms with Crippen molar-refractivity contribution in [2.75, 3.05) is 30.3 Å². The van der Waals surface area contributed by atoms with Crippen LogP contribution >= 0.6 is 0 Å². The normalized spacial score (nSPS) is 13.8. The van der Waals surface area contributed by atoms with Crippen LogP contribution in [0.2, 0.25) is 0 Å². The van der Waals surface area contributed by atoms with Crippen LogP contribution in [-0.4, -0.2) is 42.3 Å². The van der Waals surface area contributed by atoms with Crippen LogP contribution in [0.1, 0.15) is 46.2 Å². The molecule has 0 atom stereocenters. The number of likely N-dealkylation sites (tertiary alicyclic amines) is 1. The third kappa shape index (κ3) is 6.72. The van der Waals surface area contributed by atoms with Gasteiger partial charge in [0.15, 0.2) is 0 Å². The highest BCUT2D eigenvalue weighted by atomic mass is 16.3. The summed E-state index contributed by atoms with van der Waals surface area (Å²) in [6, 6.07) is 17.5. The average Bonchev–Trinajstić information content (AvgIpc) is 3.40. The van der Waals surface area contributed by atoms with Crippen LogP contribution in [-0.2, 0) is 11.3 Å². The lowest BCUT2D eigenvalue weighted by atomic mass is 9.98. The average molecular weight is 475 g/mol. The summed E-state index contributed by atoms with van der Waals surface area (Å²) < 4.78 is 5.22. The molecule has 3 N–H and O–H groups in total. The molecule has 1 aliphatic rings. The van der Waals surface area contributed by atoms with Gasteiger partial charge in [0, 0.05) is 35.6 Å². The summed E-state index contributed by atoms with van der Waals surface area (Å²) in [6.45, 7) is 4.12. The number of amides is 3. The molecule has 35 heavy (non-hydrogen) atoms. The Morgan fingerprint density at radius 3 is 2.43 bits per heavy atom. The predicted octanol–water partition coefficient (Wildman–Crippen LogP) is 4.13. The molecule has 3 aromatic rings. The van der Waals surface area contributed by atoms with Crippen LogP contribution in [0.25, 0.3) is 0 Å².